The Hall–Kier alpha value is -3.35. The number of carbonyl (C=O) groups is 3. The SMILES string of the molecule is CCCCCCCN(C(=O)C(C)NC(=O)OC(C)(C)C)C(C(=O)NCc1ccccc1)c1cccc(C)c1C. The molecular weight excluding hydrogens is 490 g/mol. The van der Waals surface area contributed by atoms with Crippen molar-refractivity contribution in [2.75, 3.05) is 6.54 Å². The summed E-state index contributed by atoms with van der Waals surface area (Å²) in [6.07, 6.45) is 4.37. The number of benzene rings is 2. The lowest BCUT2D eigenvalue weighted by molar-refractivity contribution is -0.142. The molecule has 0 saturated heterocycles. The number of hydrogen-bond donors (Lipinski definition) is 2. The molecule has 2 unspecified atom stereocenters. The van der Waals surface area contributed by atoms with Gasteiger partial charge in [-0.2, -0.15) is 0 Å². The molecule has 0 spiro atoms. The predicted molar refractivity (Wildman–Crippen MR) is 156 cm³/mol. The van der Waals surface area contributed by atoms with Gasteiger partial charge in [-0.25, -0.2) is 4.79 Å². The number of ether oxygens (including phenoxy) is 1. The molecule has 0 heterocycles. The molecule has 2 rings (SSSR count). The monoisotopic (exact) mass is 537 g/mol. The van der Waals surface area contributed by atoms with Crippen molar-refractivity contribution < 1.29 is 19.1 Å². The van der Waals surface area contributed by atoms with Gasteiger partial charge in [0.25, 0.3) is 0 Å². The van der Waals surface area contributed by atoms with E-state index in [1.807, 2.05) is 62.4 Å². The number of amides is 3. The summed E-state index contributed by atoms with van der Waals surface area (Å²) in [4.78, 5) is 41.9. The largest absolute Gasteiger partial charge is 0.444 e. The van der Waals surface area contributed by atoms with Crippen LogP contribution in [-0.4, -0.2) is 41.0 Å². The van der Waals surface area contributed by atoms with Crippen molar-refractivity contribution in [2.24, 2.45) is 0 Å². The van der Waals surface area contributed by atoms with Gasteiger partial charge < -0.3 is 20.3 Å². The van der Waals surface area contributed by atoms with E-state index in [0.29, 0.717) is 13.1 Å². The van der Waals surface area contributed by atoms with Gasteiger partial charge in [0.1, 0.15) is 17.7 Å². The Morgan fingerprint density at radius 2 is 1.59 bits per heavy atom. The van der Waals surface area contributed by atoms with Crippen LogP contribution < -0.4 is 10.6 Å². The van der Waals surface area contributed by atoms with Crippen molar-refractivity contribution in [3.05, 3.63) is 70.8 Å². The maximum atomic E-state index is 13.9. The molecule has 0 aliphatic carbocycles. The molecule has 0 aliphatic heterocycles. The summed E-state index contributed by atoms with van der Waals surface area (Å²) in [6, 6.07) is 13.8. The summed E-state index contributed by atoms with van der Waals surface area (Å²) in [5.74, 6) is -0.573. The third-order valence-corrected chi connectivity index (χ3v) is 6.70. The topological polar surface area (TPSA) is 87.7 Å². The van der Waals surface area contributed by atoms with Crippen LogP contribution in [0.15, 0.2) is 48.5 Å². The Bertz CT molecular complexity index is 1080. The fourth-order valence-corrected chi connectivity index (χ4v) is 4.45. The Morgan fingerprint density at radius 3 is 2.23 bits per heavy atom. The van der Waals surface area contributed by atoms with Gasteiger partial charge in [-0.15, -0.1) is 0 Å². The number of carbonyl (C=O) groups excluding carboxylic acids is 3. The first kappa shape index (κ1) is 31.9. The fraction of sp³-hybridized carbons (Fsp3) is 0.531. The highest BCUT2D eigenvalue weighted by Crippen LogP contribution is 2.28. The van der Waals surface area contributed by atoms with E-state index in [2.05, 4.69) is 17.6 Å². The summed E-state index contributed by atoms with van der Waals surface area (Å²) >= 11 is 0. The van der Waals surface area contributed by atoms with Gasteiger partial charge in [-0.05, 0) is 70.2 Å². The van der Waals surface area contributed by atoms with Crippen LogP contribution in [0.5, 0.6) is 0 Å². The second-order valence-corrected chi connectivity index (χ2v) is 11.2. The van der Waals surface area contributed by atoms with Gasteiger partial charge in [0.15, 0.2) is 0 Å². The molecule has 7 heteroatoms. The molecule has 0 bridgehead atoms. The lowest BCUT2D eigenvalue weighted by Crippen LogP contribution is -2.52. The van der Waals surface area contributed by atoms with Gasteiger partial charge in [0, 0.05) is 13.1 Å². The quantitative estimate of drug-likeness (QED) is 0.291. The third-order valence-electron chi connectivity index (χ3n) is 6.70. The van der Waals surface area contributed by atoms with E-state index in [-0.39, 0.29) is 11.8 Å². The van der Waals surface area contributed by atoms with Crippen LogP contribution in [0.3, 0.4) is 0 Å². The van der Waals surface area contributed by atoms with Gasteiger partial charge in [-0.3, -0.25) is 9.59 Å². The molecule has 0 saturated carbocycles. The van der Waals surface area contributed by atoms with Crippen molar-refractivity contribution in [2.45, 2.75) is 105 Å². The zero-order valence-electron chi connectivity index (χ0n) is 24.8. The Labute approximate surface area is 234 Å². The van der Waals surface area contributed by atoms with Gasteiger partial charge in [-0.1, -0.05) is 81.1 Å². The van der Waals surface area contributed by atoms with Gasteiger partial charge in [0.05, 0.1) is 0 Å². The minimum Gasteiger partial charge on any atom is -0.444 e. The van der Waals surface area contributed by atoms with E-state index in [1.165, 1.54) is 0 Å². The molecule has 0 aromatic heterocycles. The van der Waals surface area contributed by atoms with Crippen LogP contribution in [0, 0.1) is 13.8 Å². The number of nitrogens with zero attached hydrogens (tertiary/aromatic N) is 1. The molecule has 7 nitrogen and oxygen atoms in total. The maximum Gasteiger partial charge on any atom is 0.408 e. The Balaban J connectivity index is 2.41. The average Bonchev–Trinajstić information content (AvgIpc) is 2.87. The van der Waals surface area contributed by atoms with Crippen LogP contribution >= 0.6 is 0 Å². The highest BCUT2D eigenvalue weighted by atomic mass is 16.6. The van der Waals surface area contributed by atoms with Gasteiger partial charge >= 0.3 is 6.09 Å². The molecule has 214 valence electrons. The smallest absolute Gasteiger partial charge is 0.408 e. The normalized spacial score (nSPS) is 12.8. The number of unbranched alkanes of at least 4 members (excludes halogenated alkanes) is 4. The molecule has 3 amide bonds. The molecular formula is C32H47N3O4. The van der Waals surface area contributed by atoms with E-state index in [4.69, 9.17) is 4.74 Å². The standard InChI is InChI=1S/C32H47N3O4/c1-8-9-10-11-15-21-35(30(37)25(4)34-31(38)39-32(5,6)7)28(27-20-16-17-23(2)24(27)3)29(36)33-22-26-18-13-12-14-19-26/h12-14,16-20,25,28H,8-11,15,21-22H2,1-7H3,(H,33,36)(H,34,38). The first-order valence-corrected chi connectivity index (χ1v) is 14.1. The zero-order valence-corrected chi connectivity index (χ0v) is 24.8. The van der Waals surface area contributed by atoms with E-state index in [0.717, 1.165) is 54.4 Å². The number of rotatable bonds is 13. The highest BCUT2D eigenvalue weighted by Gasteiger charge is 2.35. The highest BCUT2D eigenvalue weighted by molar-refractivity contribution is 5.92. The number of aryl methyl sites for hydroxylation is 1. The molecule has 2 aromatic carbocycles. The summed E-state index contributed by atoms with van der Waals surface area (Å²) in [5.41, 5.74) is 3.08. The molecule has 2 atom stereocenters. The van der Waals surface area contributed by atoms with Crippen LogP contribution in [0.1, 0.15) is 95.0 Å². The molecule has 2 aromatic rings. The lowest BCUT2D eigenvalue weighted by atomic mass is 9.94. The van der Waals surface area contributed by atoms with Crippen molar-refractivity contribution in [3.8, 4) is 0 Å². The van der Waals surface area contributed by atoms with Crippen LogP contribution in [0.4, 0.5) is 4.79 Å². The number of hydrogen-bond acceptors (Lipinski definition) is 4. The van der Waals surface area contributed by atoms with Crippen molar-refractivity contribution in [1.29, 1.82) is 0 Å². The Kier molecular flexibility index (Phi) is 12.5. The number of nitrogens with one attached hydrogen (secondary N) is 2. The minimum atomic E-state index is -0.870. The van der Waals surface area contributed by atoms with Crippen molar-refractivity contribution in [3.63, 3.8) is 0 Å². The van der Waals surface area contributed by atoms with E-state index in [9.17, 15) is 14.4 Å². The fourth-order valence-electron chi connectivity index (χ4n) is 4.45. The third kappa shape index (κ3) is 10.4. The molecule has 0 aliphatic rings. The van der Waals surface area contributed by atoms with Crippen molar-refractivity contribution >= 4 is 17.9 Å². The predicted octanol–water partition coefficient (Wildman–Crippen LogP) is 6.37. The van der Waals surface area contributed by atoms with Crippen molar-refractivity contribution in [1.82, 2.24) is 15.5 Å². The molecule has 0 radical (unpaired) electrons. The van der Waals surface area contributed by atoms with Crippen LogP contribution in [-0.2, 0) is 20.9 Å². The minimum absolute atomic E-state index is 0.251. The van der Waals surface area contributed by atoms with E-state index in [1.54, 1.807) is 32.6 Å². The molecule has 0 fully saturated rings. The second kappa shape index (κ2) is 15.3. The zero-order chi connectivity index (χ0) is 29.0. The first-order valence-electron chi connectivity index (χ1n) is 14.1. The molecule has 2 N–H and O–H groups in total. The summed E-state index contributed by atoms with van der Waals surface area (Å²) < 4.78 is 5.38. The maximum absolute atomic E-state index is 13.9. The average molecular weight is 538 g/mol. The summed E-state index contributed by atoms with van der Waals surface area (Å²) in [5, 5.41) is 5.73. The first-order chi connectivity index (χ1) is 18.4. The van der Waals surface area contributed by atoms with Gasteiger partial charge in [0.2, 0.25) is 11.8 Å². The summed E-state index contributed by atoms with van der Waals surface area (Å²) in [6.45, 7) is 13.9. The summed E-state index contributed by atoms with van der Waals surface area (Å²) in [7, 11) is 0. The van der Waals surface area contributed by atoms with E-state index >= 15 is 0 Å². The number of alkyl carbamates (subject to hydrolysis) is 1. The van der Waals surface area contributed by atoms with E-state index < -0.39 is 23.8 Å². The molecule has 39 heavy (non-hydrogen) atoms. The lowest BCUT2D eigenvalue weighted by Gasteiger charge is -2.34. The van der Waals surface area contributed by atoms with Crippen LogP contribution in [0.25, 0.3) is 0 Å². The Morgan fingerprint density at radius 1 is 0.923 bits per heavy atom. The second-order valence-electron chi connectivity index (χ2n) is 11.2. The van der Waals surface area contributed by atoms with Crippen LogP contribution in [0.2, 0.25) is 0 Å².